The molecule has 1 aromatic heterocycles. The first-order valence-corrected chi connectivity index (χ1v) is 13.1. The second kappa shape index (κ2) is 11.8. The molecule has 3 aromatic rings. The van der Waals surface area contributed by atoms with Crippen molar-refractivity contribution in [1.29, 1.82) is 0 Å². The molecule has 39 heavy (non-hydrogen) atoms. The summed E-state index contributed by atoms with van der Waals surface area (Å²) in [4.78, 5) is 32.1. The Kier molecular flexibility index (Phi) is 7.99. The molecule has 2 aliphatic rings. The molecule has 0 radical (unpaired) electrons. The lowest BCUT2D eigenvalue weighted by molar-refractivity contribution is -0.136. The van der Waals surface area contributed by atoms with E-state index in [0.29, 0.717) is 56.9 Å². The summed E-state index contributed by atoms with van der Waals surface area (Å²) in [5.74, 6) is -1.95. The van der Waals surface area contributed by atoms with Gasteiger partial charge in [0.1, 0.15) is 11.6 Å². The molecule has 2 amide bonds. The first-order chi connectivity index (χ1) is 19.0. The fourth-order valence-corrected chi connectivity index (χ4v) is 5.76. The molecule has 2 aliphatic heterocycles. The minimum atomic E-state index is -0.672. The summed E-state index contributed by atoms with van der Waals surface area (Å²) in [6.07, 6.45) is 2.46. The minimum absolute atomic E-state index is 0.127. The van der Waals surface area contributed by atoms with Gasteiger partial charge < -0.3 is 14.5 Å². The van der Waals surface area contributed by atoms with Gasteiger partial charge in [0.2, 0.25) is 5.91 Å². The fourth-order valence-electron chi connectivity index (χ4n) is 5.76. The molecule has 0 spiro atoms. The summed E-state index contributed by atoms with van der Waals surface area (Å²) in [7, 11) is 1.35. The van der Waals surface area contributed by atoms with E-state index in [9.17, 15) is 18.4 Å². The largest absolute Gasteiger partial charge is 0.453 e. The molecule has 204 valence electrons. The summed E-state index contributed by atoms with van der Waals surface area (Å²) >= 11 is 0. The predicted molar refractivity (Wildman–Crippen MR) is 141 cm³/mol. The summed E-state index contributed by atoms with van der Waals surface area (Å²) in [5.41, 5.74) is 1.32. The van der Waals surface area contributed by atoms with Gasteiger partial charge >= 0.3 is 6.09 Å². The number of rotatable bonds is 4. The molecule has 1 unspecified atom stereocenters. The molecule has 0 aliphatic carbocycles. The Morgan fingerprint density at radius 1 is 0.974 bits per heavy atom. The van der Waals surface area contributed by atoms with Gasteiger partial charge in [0.25, 0.3) is 0 Å². The van der Waals surface area contributed by atoms with E-state index in [2.05, 4.69) is 10.2 Å². The Labute approximate surface area is 226 Å². The minimum Gasteiger partial charge on any atom is -0.453 e. The van der Waals surface area contributed by atoms with Crippen molar-refractivity contribution >= 4 is 17.8 Å². The van der Waals surface area contributed by atoms with E-state index in [-0.39, 0.29) is 11.9 Å². The highest BCUT2D eigenvalue weighted by Gasteiger charge is 2.42. The fraction of sp³-hybridized carbons (Fsp3) is 0.379. The highest BCUT2D eigenvalue weighted by Crippen LogP contribution is 2.38. The van der Waals surface area contributed by atoms with Crippen LogP contribution >= 0.6 is 0 Å². The van der Waals surface area contributed by atoms with E-state index in [4.69, 9.17) is 4.74 Å². The Balaban J connectivity index is 1.39. The average molecular weight is 536 g/mol. The predicted octanol–water partition coefficient (Wildman–Crippen LogP) is 4.41. The van der Waals surface area contributed by atoms with Gasteiger partial charge in [-0.2, -0.15) is 5.10 Å². The Bertz CT molecular complexity index is 1300. The van der Waals surface area contributed by atoms with Crippen LogP contribution in [-0.4, -0.2) is 71.8 Å². The van der Waals surface area contributed by atoms with Crippen LogP contribution in [0.4, 0.5) is 19.4 Å². The van der Waals surface area contributed by atoms with E-state index in [1.165, 1.54) is 19.2 Å². The number of methoxy groups -OCH3 is 1. The zero-order chi connectivity index (χ0) is 27.4. The molecule has 8 nitrogen and oxygen atoms in total. The second-order valence-corrected chi connectivity index (χ2v) is 9.92. The standard InChI is InChI=1S/C29H31F2N5O3/c1-39-29(38)36-16-15-34(14-6-9-26(36)20-7-3-2-4-8-20)28(37)24-19-35(27-10-5-13-32-33-27)18-23(24)22-12-11-21(30)17-25(22)31/h2-5,7-8,10-13,17,23-24,26H,6,9,14-16,18-19H2,1H3/t23-,24+,26?/m0/s1. The zero-order valence-electron chi connectivity index (χ0n) is 21.7. The number of carbonyl (C=O) groups is 2. The van der Waals surface area contributed by atoms with Gasteiger partial charge in [0, 0.05) is 50.9 Å². The smallest absolute Gasteiger partial charge is 0.410 e. The van der Waals surface area contributed by atoms with Gasteiger partial charge in [-0.25, -0.2) is 13.6 Å². The maximum Gasteiger partial charge on any atom is 0.410 e. The molecule has 0 saturated carbocycles. The number of hydrogen-bond acceptors (Lipinski definition) is 6. The van der Waals surface area contributed by atoms with Gasteiger partial charge in [0.15, 0.2) is 5.82 Å². The normalized spacial score (nSPS) is 21.8. The quantitative estimate of drug-likeness (QED) is 0.493. The van der Waals surface area contributed by atoms with Gasteiger partial charge in [-0.05, 0) is 42.2 Å². The lowest BCUT2D eigenvalue weighted by atomic mass is 9.87. The highest BCUT2D eigenvalue weighted by atomic mass is 19.1. The van der Waals surface area contributed by atoms with Crippen molar-refractivity contribution in [2.75, 3.05) is 44.7 Å². The van der Waals surface area contributed by atoms with Crippen LogP contribution in [0.1, 0.15) is 35.9 Å². The van der Waals surface area contributed by atoms with Gasteiger partial charge in [-0.15, -0.1) is 5.10 Å². The monoisotopic (exact) mass is 535 g/mol. The topological polar surface area (TPSA) is 78.9 Å². The van der Waals surface area contributed by atoms with Crippen molar-refractivity contribution < 1.29 is 23.1 Å². The van der Waals surface area contributed by atoms with Gasteiger partial charge in [0.05, 0.1) is 19.1 Å². The van der Waals surface area contributed by atoms with Gasteiger partial charge in [-0.3, -0.25) is 9.69 Å². The summed E-state index contributed by atoms with van der Waals surface area (Å²) in [6, 6.07) is 16.7. The number of halogens is 2. The molecule has 3 heterocycles. The number of benzene rings is 2. The van der Waals surface area contributed by atoms with Crippen molar-refractivity contribution in [3.63, 3.8) is 0 Å². The van der Waals surface area contributed by atoms with Crippen LogP contribution in [0.5, 0.6) is 0 Å². The number of nitrogens with zero attached hydrogens (tertiary/aromatic N) is 5. The maximum atomic E-state index is 14.9. The van der Waals surface area contributed by atoms with Crippen molar-refractivity contribution in [3.05, 3.63) is 89.6 Å². The number of carbonyl (C=O) groups excluding carboxylic acids is 2. The number of amides is 2. The van der Waals surface area contributed by atoms with Crippen LogP contribution in [0.15, 0.2) is 66.9 Å². The molecule has 0 bridgehead atoms. The van der Waals surface area contributed by atoms with E-state index in [1.807, 2.05) is 35.2 Å². The molecule has 10 heteroatoms. The third-order valence-electron chi connectivity index (χ3n) is 7.68. The van der Waals surface area contributed by atoms with Crippen molar-refractivity contribution in [2.45, 2.75) is 24.8 Å². The first-order valence-electron chi connectivity index (χ1n) is 13.1. The van der Waals surface area contributed by atoms with Crippen LogP contribution in [0.3, 0.4) is 0 Å². The lowest BCUT2D eigenvalue weighted by Gasteiger charge is -2.37. The lowest BCUT2D eigenvalue weighted by Crippen LogP contribution is -2.47. The number of anilines is 1. The second-order valence-electron chi connectivity index (χ2n) is 9.92. The number of aromatic nitrogens is 2. The molecular weight excluding hydrogens is 504 g/mol. The van der Waals surface area contributed by atoms with Crippen molar-refractivity contribution in [3.8, 4) is 0 Å². The van der Waals surface area contributed by atoms with Crippen molar-refractivity contribution in [2.24, 2.45) is 5.92 Å². The summed E-state index contributed by atoms with van der Waals surface area (Å²) in [5, 5.41) is 8.12. The summed E-state index contributed by atoms with van der Waals surface area (Å²) < 4.78 is 33.7. The van der Waals surface area contributed by atoms with E-state index in [0.717, 1.165) is 11.6 Å². The zero-order valence-corrected chi connectivity index (χ0v) is 21.7. The third kappa shape index (κ3) is 5.69. The molecule has 2 fully saturated rings. The van der Waals surface area contributed by atoms with Gasteiger partial charge in [-0.1, -0.05) is 36.4 Å². The van der Waals surface area contributed by atoms with Crippen LogP contribution in [0.25, 0.3) is 0 Å². The van der Waals surface area contributed by atoms with E-state index in [1.54, 1.807) is 28.1 Å². The third-order valence-corrected chi connectivity index (χ3v) is 7.68. The maximum absolute atomic E-state index is 14.9. The first kappa shape index (κ1) is 26.5. The molecule has 5 rings (SSSR count). The average Bonchev–Trinajstić information content (AvgIpc) is 3.39. The Morgan fingerprint density at radius 2 is 1.79 bits per heavy atom. The molecule has 3 atom stereocenters. The molecular formula is C29H31F2N5O3. The van der Waals surface area contributed by atoms with Crippen LogP contribution in [-0.2, 0) is 9.53 Å². The number of hydrogen-bond donors (Lipinski definition) is 0. The highest BCUT2D eigenvalue weighted by molar-refractivity contribution is 5.82. The van der Waals surface area contributed by atoms with E-state index < -0.39 is 29.6 Å². The molecule has 0 N–H and O–H groups in total. The Hall–Kier alpha value is -4.08. The summed E-state index contributed by atoms with van der Waals surface area (Å²) in [6.45, 7) is 1.79. The molecule has 2 saturated heterocycles. The Morgan fingerprint density at radius 3 is 2.51 bits per heavy atom. The SMILES string of the molecule is COC(=O)N1CCN(C(=O)[C@@H]2CN(c3cccnn3)C[C@H]2c2ccc(F)cc2F)CCCC1c1ccccc1. The number of ether oxygens (including phenoxy) is 1. The van der Waals surface area contributed by atoms with Crippen molar-refractivity contribution in [1.82, 2.24) is 20.0 Å². The molecule has 2 aromatic carbocycles. The van der Waals surface area contributed by atoms with Crippen LogP contribution in [0.2, 0.25) is 0 Å². The van der Waals surface area contributed by atoms with Crippen LogP contribution < -0.4 is 4.90 Å². The van der Waals surface area contributed by atoms with E-state index >= 15 is 0 Å². The van der Waals surface area contributed by atoms with Crippen LogP contribution in [0, 0.1) is 17.6 Å².